The van der Waals surface area contributed by atoms with Crippen molar-refractivity contribution in [2.45, 2.75) is 13.0 Å². The van der Waals surface area contributed by atoms with Crippen molar-refractivity contribution >= 4 is 5.91 Å². The van der Waals surface area contributed by atoms with Crippen LogP contribution in [0.5, 0.6) is 17.2 Å². The van der Waals surface area contributed by atoms with Crippen LogP contribution in [0.3, 0.4) is 0 Å². The van der Waals surface area contributed by atoms with Crippen molar-refractivity contribution in [2.75, 3.05) is 19.8 Å². The van der Waals surface area contributed by atoms with E-state index in [4.69, 9.17) is 14.2 Å². The molecule has 1 atom stereocenters. The first-order valence-corrected chi connectivity index (χ1v) is 7.58. The number of fused-ring (bicyclic) bond motifs is 1. The van der Waals surface area contributed by atoms with Gasteiger partial charge in [-0.25, -0.2) is 0 Å². The van der Waals surface area contributed by atoms with Gasteiger partial charge in [0, 0.05) is 0 Å². The van der Waals surface area contributed by atoms with Crippen molar-refractivity contribution < 1.29 is 19.0 Å². The zero-order chi connectivity index (χ0) is 16.1. The Hall–Kier alpha value is -2.69. The van der Waals surface area contributed by atoms with Crippen LogP contribution in [0.15, 0.2) is 48.5 Å². The van der Waals surface area contributed by atoms with Crippen LogP contribution in [-0.4, -0.2) is 31.8 Å². The third-order valence-corrected chi connectivity index (χ3v) is 3.46. The van der Waals surface area contributed by atoms with Crippen molar-refractivity contribution in [3.63, 3.8) is 0 Å². The minimum absolute atomic E-state index is 0.202. The molecule has 3 rings (SSSR count). The Bertz CT molecular complexity index is 686. The molecule has 23 heavy (non-hydrogen) atoms. The van der Waals surface area contributed by atoms with E-state index in [9.17, 15) is 4.79 Å². The monoisotopic (exact) mass is 313 g/mol. The van der Waals surface area contributed by atoms with E-state index < -0.39 is 6.10 Å². The lowest BCUT2D eigenvalue weighted by Crippen LogP contribution is -2.45. The van der Waals surface area contributed by atoms with E-state index in [1.807, 2.05) is 49.4 Å². The predicted molar refractivity (Wildman–Crippen MR) is 86.0 cm³/mol. The van der Waals surface area contributed by atoms with Gasteiger partial charge in [0.15, 0.2) is 11.5 Å². The number of hydrogen-bond acceptors (Lipinski definition) is 4. The molecule has 0 aliphatic carbocycles. The number of hydrogen-bond donors (Lipinski definition) is 1. The molecule has 1 aliphatic rings. The van der Waals surface area contributed by atoms with Crippen molar-refractivity contribution in [2.24, 2.45) is 0 Å². The quantitative estimate of drug-likeness (QED) is 0.861. The highest BCUT2D eigenvalue weighted by Gasteiger charge is 2.26. The summed E-state index contributed by atoms with van der Waals surface area (Å²) in [7, 11) is 0. The first kappa shape index (κ1) is 15.2. The van der Waals surface area contributed by atoms with Crippen LogP contribution < -0.4 is 19.5 Å². The summed E-state index contributed by atoms with van der Waals surface area (Å²) in [5, 5.41) is 2.80. The average molecular weight is 313 g/mol. The molecule has 5 nitrogen and oxygen atoms in total. The number of para-hydroxylation sites is 2. The highest BCUT2D eigenvalue weighted by atomic mass is 16.6. The smallest absolute Gasteiger partial charge is 0.264 e. The molecule has 1 N–H and O–H groups in total. The molecule has 2 aromatic rings. The van der Waals surface area contributed by atoms with Gasteiger partial charge in [-0.15, -0.1) is 0 Å². The lowest BCUT2D eigenvalue weighted by atomic mass is 10.2. The number of ether oxygens (including phenoxy) is 3. The normalized spacial score (nSPS) is 15.8. The Morgan fingerprint density at radius 3 is 2.87 bits per heavy atom. The second-order valence-corrected chi connectivity index (χ2v) is 5.32. The SMILES string of the molecule is Cc1cccc(OCCNC(=O)[C@@H]2COc3ccccc3O2)c1. The largest absolute Gasteiger partial charge is 0.492 e. The Kier molecular flexibility index (Phi) is 4.66. The van der Waals surface area contributed by atoms with E-state index in [0.29, 0.717) is 24.7 Å². The molecule has 1 aliphatic heterocycles. The number of aryl methyl sites for hydroxylation is 1. The first-order chi connectivity index (χ1) is 11.2. The Morgan fingerprint density at radius 1 is 1.22 bits per heavy atom. The summed E-state index contributed by atoms with van der Waals surface area (Å²) in [5.41, 5.74) is 1.14. The first-order valence-electron chi connectivity index (χ1n) is 7.58. The maximum atomic E-state index is 12.1. The average Bonchev–Trinajstić information content (AvgIpc) is 2.58. The molecule has 0 unspecified atom stereocenters. The van der Waals surface area contributed by atoms with Crippen LogP contribution in [0.4, 0.5) is 0 Å². The fourth-order valence-corrected chi connectivity index (χ4v) is 2.31. The van der Waals surface area contributed by atoms with Gasteiger partial charge in [-0.05, 0) is 36.8 Å². The molecule has 2 aromatic carbocycles. The number of nitrogens with one attached hydrogen (secondary N) is 1. The van der Waals surface area contributed by atoms with Crippen LogP contribution >= 0.6 is 0 Å². The second kappa shape index (κ2) is 7.05. The van der Waals surface area contributed by atoms with Gasteiger partial charge in [0.2, 0.25) is 6.10 Å². The molecule has 0 spiro atoms. The number of amides is 1. The standard InChI is InChI=1S/C18H19NO4/c1-13-5-4-6-14(11-13)21-10-9-19-18(20)17-12-22-15-7-2-3-8-16(15)23-17/h2-8,11,17H,9-10,12H2,1H3,(H,19,20)/t17-/m0/s1. The summed E-state index contributed by atoms with van der Waals surface area (Å²) in [4.78, 5) is 12.1. The number of carbonyl (C=O) groups excluding carboxylic acids is 1. The van der Waals surface area contributed by atoms with E-state index in [1.54, 1.807) is 6.07 Å². The van der Waals surface area contributed by atoms with E-state index in [0.717, 1.165) is 11.3 Å². The molecule has 0 bridgehead atoms. The highest BCUT2D eigenvalue weighted by molar-refractivity contribution is 5.81. The third-order valence-electron chi connectivity index (χ3n) is 3.46. The summed E-state index contributed by atoms with van der Waals surface area (Å²) in [6.45, 7) is 3.03. The Labute approximate surface area is 135 Å². The molecule has 0 radical (unpaired) electrons. The van der Waals surface area contributed by atoms with Gasteiger partial charge in [-0.1, -0.05) is 24.3 Å². The van der Waals surface area contributed by atoms with Crippen molar-refractivity contribution in [1.29, 1.82) is 0 Å². The number of carbonyl (C=O) groups is 1. The Morgan fingerprint density at radius 2 is 2.04 bits per heavy atom. The van der Waals surface area contributed by atoms with Gasteiger partial charge >= 0.3 is 0 Å². The van der Waals surface area contributed by atoms with Crippen LogP contribution in [0.2, 0.25) is 0 Å². The van der Waals surface area contributed by atoms with Crippen LogP contribution in [0.1, 0.15) is 5.56 Å². The predicted octanol–water partition coefficient (Wildman–Crippen LogP) is 2.33. The van der Waals surface area contributed by atoms with Crippen LogP contribution in [-0.2, 0) is 4.79 Å². The molecule has 0 saturated heterocycles. The summed E-state index contributed by atoms with van der Waals surface area (Å²) in [5.74, 6) is 1.85. The Balaban J connectivity index is 1.43. The summed E-state index contributed by atoms with van der Waals surface area (Å²) in [6, 6.07) is 15.1. The van der Waals surface area contributed by atoms with Crippen molar-refractivity contribution in [1.82, 2.24) is 5.32 Å². The van der Waals surface area contributed by atoms with Gasteiger partial charge in [-0.3, -0.25) is 4.79 Å². The molecule has 1 heterocycles. The highest BCUT2D eigenvalue weighted by Crippen LogP contribution is 2.30. The minimum atomic E-state index is -0.635. The van der Waals surface area contributed by atoms with Gasteiger partial charge < -0.3 is 19.5 Å². The summed E-state index contributed by atoms with van der Waals surface area (Å²) >= 11 is 0. The van der Waals surface area contributed by atoms with Crippen LogP contribution in [0.25, 0.3) is 0 Å². The zero-order valence-corrected chi connectivity index (χ0v) is 13.0. The zero-order valence-electron chi connectivity index (χ0n) is 13.0. The molecule has 120 valence electrons. The van der Waals surface area contributed by atoms with E-state index >= 15 is 0 Å². The minimum Gasteiger partial charge on any atom is -0.492 e. The molecule has 0 saturated carbocycles. The topological polar surface area (TPSA) is 56.8 Å². The van der Waals surface area contributed by atoms with E-state index in [2.05, 4.69) is 5.32 Å². The molecular weight excluding hydrogens is 294 g/mol. The molecular formula is C18H19NO4. The summed E-state index contributed by atoms with van der Waals surface area (Å²) in [6.07, 6.45) is -0.635. The number of rotatable bonds is 5. The van der Waals surface area contributed by atoms with E-state index in [1.165, 1.54) is 0 Å². The maximum absolute atomic E-state index is 12.1. The van der Waals surface area contributed by atoms with Crippen molar-refractivity contribution in [3.8, 4) is 17.2 Å². The van der Waals surface area contributed by atoms with Crippen LogP contribution in [0, 0.1) is 6.92 Å². The second-order valence-electron chi connectivity index (χ2n) is 5.32. The van der Waals surface area contributed by atoms with Gasteiger partial charge in [0.05, 0.1) is 6.54 Å². The van der Waals surface area contributed by atoms with Crippen molar-refractivity contribution in [3.05, 3.63) is 54.1 Å². The molecule has 0 aromatic heterocycles. The lowest BCUT2D eigenvalue weighted by Gasteiger charge is -2.25. The molecule has 1 amide bonds. The third kappa shape index (κ3) is 3.94. The maximum Gasteiger partial charge on any atom is 0.264 e. The molecule has 0 fully saturated rings. The van der Waals surface area contributed by atoms with Gasteiger partial charge in [0.25, 0.3) is 5.91 Å². The fourth-order valence-electron chi connectivity index (χ4n) is 2.31. The molecule has 5 heteroatoms. The lowest BCUT2D eigenvalue weighted by molar-refractivity contribution is -0.130. The fraction of sp³-hybridized carbons (Fsp3) is 0.278. The number of benzene rings is 2. The van der Waals surface area contributed by atoms with Gasteiger partial charge in [0.1, 0.15) is 19.0 Å². The van der Waals surface area contributed by atoms with Gasteiger partial charge in [-0.2, -0.15) is 0 Å². The summed E-state index contributed by atoms with van der Waals surface area (Å²) < 4.78 is 16.8. The van der Waals surface area contributed by atoms with E-state index in [-0.39, 0.29) is 12.5 Å².